The van der Waals surface area contributed by atoms with Crippen molar-refractivity contribution in [3.05, 3.63) is 83.4 Å². The molecule has 0 saturated heterocycles. The molecule has 0 aliphatic carbocycles. The smallest absolute Gasteiger partial charge is 0.417 e. The quantitative estimate of drug-likeness (QED) is 0.250. The van der Waals surface area contributed by atoms with Crippen LogP contribution in [0.1, 0.15) is 42.3 Å². The lowest BCUT2D eigenvalue weighted by atomic mass is 9.98. The second-order valence-electron chi connectivity index (χ2n) is 8.99. The highest BCUT2D eigenvalue weighted by molar-refractivity contribution is 5.96. The Labute approximate surface area is 219 Å². The van der Waals surface area contributed by atoms with E-state index in [1.165, 1.54) is 12.1 Å². The Morgan fingerprint density at radius 3 is 2.26 bits per heavy atom. The van der Waals surface area contributed by atoms with Crippen LogP contribution in [0, 0.1) is 6.92 Å². The number of carbonyl (C=O) groups excluding carboxylic acids is 2. The van der Waals surface area contributed by atoms with Crippen molar-refractivity contribution in [2.45, 2.75) is 39.5 Å². The molecule has 0 radical (unpaired) electrons. The number of nitrogens with one attached hydrogen (secondary N) is 1. The van der Waals surface area contributed by atoms with Crippen LogP contribution in [0.3, 0.4) is 0 Å². The van der Waals surface area contributed by atoms with Gasteiger partial charge in [0, 0.05) is 0 Å². The van der Waals surface area contributed by atoms with E-state index in [0.29, 0.717) is 28.2 Å². The molecule has 3 aromatic rings. The molecule has 38 heavy (non-hydrogen) atoms. The number of aryl methyl sites for hydroxylation is 1. The predicted molar refractivity (Wildman–Crippen MR) is 137 cm³/mol. The summed E-state index contributed by atoms with van der Waals surface area (Å²) in [6.07, 6.45) is -4.70. The molecular formula is C29H30F3NO5. The molecule has 0 aromatic heterocycles. The van der Waals surface area contributed by atoms with Crippen LogP contribution in [-0.2, 0) is 15.7 Å². The molecule has 0 aliphatic heterocycles. The fourth-order valence-electron chi connectivity index (χ4n) is 3.66. The standard InChI is InChI=1S/C29H30F3NO5/c1-5-36-27(35)28(3,4)38-25-14-12-22(17-19(25)2)37-16-15-33-26(34)23-13-11-21(18-24(23)29(30,31)32)20-9-7-6-8-10-20/h6-14,17-18H,5,15-16H2,1-4H3,(H,33,34). The third kappa shape index (κ3) is 7.27. The highest BCUT2D eigenvalue weighted by Crippen LogP contribution is 2.35. The number of ether oxygens (including phenoxy) is 3. The highest BCUT2D eigenvalue weighted by Gasteiger charge is 2.35. The topological polar surface area (TPSA) is 73.9 Å². The van der Waals surface area contributed by atoms with Gasteiger partial charge in [-0.2, -0.15) is 13.2 Å². The van der Waals surface area contributed by atoms with Gasteiger partial charge in [0.05, 0.1) is 24.3 Å². The lowest BCUT2D eigenvalue weighted by Gasteiger charge is -2.25. The van der Waals surface area contributed by atoms with Crippen molar-refractivity contribution in [3.63, 3.8) is 0 Å². The van der Waals surface area contributed by atoms with Gasteiger partial charge in [-0.25, -0.2) is 4.79 Å². The number of alkyl halides is 3. The number of hydrogen-bond acceptors (Lipinski definition) is 5. The highest BCUT2D eigenvalue weighted by atomic mass is 19.4. The average Bonchev–Trinajstić information content (AvgIpc) is 2.87. The van der Waals surface area contributed by atoms with Crippen LogP contribution in [0.15, 0.2) is 66.7 Å². The van der Waals surface area contributed by atoms with Crippen LogP contribution in [-0.4, -0.2) is 37.2 Å². The second kappa shape index (κ2) is 12.0. The van der Waals surface area contributed by atoms with Gasteiger partial charge in [0.25, 0.3) is 5.91 Å². The molecule has 0 spiro atoms. The van der Waals surface area contributed by atoms with Crippen LogP contribution < -0.4 is 14.8 Å². The van der Waals surface area contributed by atoms with Gasteiger partial charge in [0.15, 0.2) is 5.60 Å². The van der Waals surface area contributed by atoms with Gasteiger partial charge in [-0.05, 0) is 74.7 Å². The van der Waals surface area contributed by atoms with Crippen molar-refractivity contribution in [3.8, 4) is 22.6 Å². The number of esters is 1. The van der Waals surface area contributed by atoms with E-state index >= 15 is 0 Å². The van der Waals surface area contributed by atoms with Crippen molar-refractivity contribution >= 4 is 11.9 Å². The molecule has 202 valence electrons. The van der Waals surface area contributed by atoms with E-state index < -0.39 is 34.8 Å². The first-order valence-electron chi connectivity index (χ1n) is 12.1. The summed E-state index contributed by atoms with van der Waals surface area (Å²) < 4.78 is 57.7. The minimum Gasteiger partial charge on any atom is -0.492 e. The van der Waals surface area contributed by atoms with Gasteiger partial charge in [0.2, 0.25) is 0 Å². The van der Waals surface area contributed by atoms with Crippen LogP contribution in [0.4, 0.5) is 13.2 Å². The maximum Gasteiger partial charge on any atom is 0.417 e. The molecule has 0 bridgehead atoms. The van der Waals surface area contributed by atoms with E-state index in [0.717, 1.165) is 6.07 Å². The number of rotatable bonds is 10. The molecule has 0 atom stereocenters. The number of hydrogen-bond donors (Lipinski definition) is 1. The van der Waals surface area contributed by atoms with Gasteiger partial charge in [0.1, 0.15) is 18.1 Å². The number of benzene rings is 3. The van der Waals surface area contributed by atoms with Crippen molar-refractivity contribution in [1.82, 2.24) is 5.32 Å². The van der Waals surface area contributed by atoms with Crippen molar-refractivity contribution in [1.29, 1.82) is 0 Å². The Bertz CT molecular complexity index is 1270. The van der Waals surface area contributed by atoms with Crippen LogP contribution in [0.25, 0.3) is 11.1 Å². The van der Waals surface area contributed by atoms with Crippen molar-refractivity contribution < 1.29 is 37.0 Å². The molecule has 0 aliphatic rings. The number of carbonyl (C=O) groups is 2. The zero-order valence-corrected chi connectivity index (χ0v) is 21.6. The van der Waals surface area contributed by atoms with Gasteiger partial charge in [-0.15, -0.1) is 0 Å². The summed E-state index contributed by atoms with van der Waals surface area (Å²) in [6.45, 7) is 6.97. The van der Waals surface area contributed by atoms with E-state index in [1.54, 1.807) is 76.2 Å². The minimum absolute atomic E-state index is 0.0102. The number of amides is 1. The minimum atomic E-state index is -4.70. The lowest BCUT2D eigenvalue weighted by molar-refractivity contribution is -0.158. The first kappa shape index (κ1) is 28.6. The van der Waals surface area contributed by atoms with Gasteiger partial charge in [-0.3, -0.25) is 4.79 Å². The Morgan fingerprint density at radius 2 is 1.63 bits per heavy atom. The van der Waals surface area contributed by atoms with Gasteiger partial charge >= 0.3 is 12.1 Å². The summed E-state index contributed by atoms with van der Waals surface area (Å²) in [6, 6.07) is 17.3. The molecule has 0 saturated carbocycles. The van der Waals surface area contributed by atoms with E-state index in [1.807, 2.05) is 0 Å². The Balaban J connectivity index is 1.60. The molecule has 3 aromatic carbocycles. The van der Waals surface area contributed by atoms with Crippen LogP contribution >= 0.6 is 0 Å². The van der Waals surface area contributed by atoms with Crippen LogP contribution in [0.2, 0.25) is 0 Å². The molecule has 0 unspecified atom stereocenters. The summed E-state index contributed by atoms with van der Waals surface area (Å²) in [5.41, 5.74) is -0.951. The van der Waals surface area contributed by atoms with Crippen molar-refractivity contribution in [2.75, 3.05) is 19.8 Å². The first-order chi connectivity index (χ1) is 17.9. The maximum absolute atomic E-state index is 13.7. The fourth-order valence-corrected chi connectivity index (χ4v) is 3.66. The monoisotopic (exact) mass is 529 g/mol. The third-order valence-electron chi connectivity index (χ3n) is 5.61. The van der Waals surface area contributed by atoms with E-state index in [-0.39, 0.29) is 19.8 Å². The second-order valence-corrected chi connectivity index (χ2v) is 8.99. The summed E-state index contributed by atoms with van der Waals surface area (Å²) >= 11 is 0. The largest absolute Gasteiger partial charge is 0.492 e. The van der Waals surface area contributed by atoms with Gasteiger partial charge in [-0.1, -0.05) is 36.4 Å². The lowest BCUT2D eigenvalue weighted by Crippen LogP contribution is -2.39. The van der Waals surface area contributed by atoms with Crippen LogP contribution in [0.5, 0.6) is 11.5 Å². The summed E-state index contributed by atoms with van der Waals surface area (Å²) in [5, 5.41) is 2.48. The van der Waals surface area contributed by atoms with E-state index in [9.17, 15) is 22.8 Å². The summed E-state index contributed by atoms with van der Waals surface area (Å²) in [4.78, 5) is 24.7. The van der Waals surface area contributed by atoms with Gasteiger partial charge < -0.3 is 19.5 Å². The molecule has 1 amide bonds. The number of halogens is 3. The Kier molecular flexibility index (Phi) is 9.04. The Hall–Kier alpha value is -4.01. The summed E-state index contributed by atoms with van der Waals surface area (Å²) in [7, 11) is 0. The summed E-state index contributed by atoms with van der Waals surface area (Å²) in [5.74, 6) is -0.385. The normalized spacial score (nSPS) is 11.6. The van der Waals surface area contributed by atoms with Crippen molar-refractivity contribution in [2.24, 2.45) is 0 Å². The zero-order chi connectivity index (χ0) is 27.9. The maximum atomic E-state index is 13.7. The fraction of sp³-hybridized carbons (Fsp3) is 0.310. The molecule has 0 heterocycles. The zero-order valence-electron chi connectivity index (χ0n) is 21.6. The molecular weight excluding hydrogens is 499 g/mol. The average molecular weight is 530 g/mol. The van der Waals surface area contributed by atoms with E-state index in [2.05, 4.69) is 5.32 Å². The predicted octanol–water partition coefficient (Wildman–Crippen LogP) is 6.21. The molecule has 9 heteroatoms. The molecule has 0 fully saturated rings. The molecule has 1 N–H and O–H groups in total. The molecule has 3 rings (SSSR count). The SMILES string of the molecule is CCOC(=O)C(C)(C)Oc1ccc(OCCNC(=O)c2ccc(-c3ccccc3)cc2C(F)(F)F)cc1C. The third-order valence-corrected chi connectivity index (χ3v) is 5.61. The first-order valence-corrected chi connectivity index (χ1v) is 12.1. The van der Waals surface area contributed by atoms with E-state index in [4.69, 9.17) is 14.2 Å². The molecule has 6 nitrogen and oxygen atoms in total. The Morgan fingerprint density at radius 1 is 0.921 bits per heavy atom.